The summed E-state index contributed by atoms with van der Waals surface area (Å²) in [6.07, 6.45) is 0. The van der Waals surface area contributed by atoms with E-state index in [-0.39, 0.29) is 24.9 Å². The molecule has 0 aliphatic carbocycles. The lowest BCUT2D eigenvalue weighted by molar-refractivity contribution is -0.120. The highest BCUT2D eigenvalue weighted by atomic mass is 19.1. The van der Waals surface area contributed by atoms with E-state index in [4.69, 9.17) is 9.47 Å². The van der Waals surface area contributed by atoms with Crippen molar-refractivity contribution in [2.75, 3.05) is 18.6 Å². The lowest BCUT2D eigenvalue weighted by Crippen LogP contribution is -2.32. The van der Waals surface area contributed by atoms with E-state index < -0.39 is 5.97 Å². The Balaban J connectivity index is 1.97. The fourth-order valence-electron chi connectivity index (χ4n) is 2.42. The summed E-state index contributed by atoms with van der Waals surface area (Å²) in [4.78, 5) is 25.4. The van der Waals surface area contributed by atoms with Crippen LogP contribution in [-0.4, -0.2) is 25.6 Å². The minimum absolute atomic E-state index is 0.123. The van der Waals surface area contributed by atoms with Crippen molar-refractivity contribution >= 4 is 17.6 Å². The van der Waals surface area contributed by atoms with Gasteiger partial charge in [0.15, 0.2) is 6.61 Å². The maximum absolute atomic E-state index is 13.1. The molecule has 0 saturated heterocycles. The number of ether oxygens (including phenoxy) is 2. The maximum Gasteiger partial charge on any atom is 0.337 e. The summed E-state index contributed by atoms with van der Waals surface area (Å²) in [5, 5.41) is 0. The predicted molar refractivity (Wildman–Crippen MR) is 80.9 cm³/mol. The van der Waals surface area contributed by atoms with Crippen LogP contribution in [-0.2, 0) is 16.1 Å². The van der Waals surface area contributed by atoms with Gasteiger partial charge >= 0.3 is 5.97 Å². The molecule has 1 heterocycles. The molecule has 6 heteroatoms. The van der Waals surface area contributed by atoms with Gasteiger partial charge in [-0.2, -0.15) is 0 Å². The van der Waals surface area contributed by atoms with Crippen LogP contribution < -0.4 is 9.64 Å². The highest BCUT2D eigenvalue weighted by Gasteiger charge is 2.24. The van der Waals surface area contributed by atoms with Gasteiger partial charge in [0.1, 0.15) is 11.6 Å². The second kappa shape index (κ2) is 6.08. The summed E-state index contributed by atoms with van der Waals surface area (Å²) < 4.78 is 23.3. The Labute approximate surface area is 132 Å². The SMILES string of the molecule is COC(=O)c1ccc2c(c1)CN(c1ccc(F)cc1)C(=O)CO2. The highest BCUT2D eigenvalue weighted by molar-refractivity contribution is 5.95. The van der Waals surface area contributed by atoms with Crippen LogP contribution in [0.25, 0.3) is 0 Å². The van der Waals surface area contributed by atoms with Crippen molar-refractivity contribution < 1.29 is 23.5 Å². The average Bonchev–Trinajstić information content (AvgIpc) is 2.74. The molecule has 5 nitrogen and oxygen atoms in total. The fraction of sp³-hybridized carbons (Fsp3) is 0.176. The molecular weight excluding hydrogens is 301 g/mol. The molecule has 0 spiro atoms. The van der Waals surface area contributed by atoms with E-state index in [2.05, 4.69) is 0 Å². The first-order valence-electron chi connectivity index (χ1n) is 6.98. The number of hydrogen-bond donors (Lipinski definition) is 0. The zero-order chi connectivity index (χ0) is 16.4. The molecule has 0 fully saturated rings. The van der Waals surface area contributed by atoms with Crippen LogP contribution in [0.4, 0.5) is 10.1 Å². The van der Waals surface area contributed by atoms with Crippen LogP contribution in [0.15, 0.2) is 42.5 Å². The van der Waals surface area contributed by atoms with E-state index in [1.54, 1.807) is 18.2 Å². The molecule has 0 aromatic heterocycles. The van der Waals surface area contributed by atoms with Gasteiger partial charge in [-0.3, -0.25) is 4.79 Å². The zero-order valence-corrected chi connectivity index (χ0v) is 12.4. The largest absolute Gasteiger partial charge is 0.483 e. The molecule has 0 unspecified atom stereocenters. The molecular formula is C17H14FNO4. The van der Waals surface area contributed by atoms with Crippen LogP contribution in [0.1, 0.15) is 15.9 Å². The van der Waals surface area contributed by atoms with Gasteiger partial charge in [-0.15, -0.1) is 0 Å². The Hall–Kier alpha value is -2.89. The Kier molecular flexibility index (Phi) is 3.97. The average molecular weight is 315 g/mol. The lowest BCUT2D eigenvalue weighted by Gasteiger charge is -2.20. The Morgan fingerprint density at radius 2 is 1.96 bits per heavy atom. The van der Waals surface area contributed by atoms with Crippen molar-refractivity contribution in [2.24, 2.45) is 0 Å². The Morgan fingerprint density at radius 1 is 1.22 bits per heavy atom. The van der Waals surface area contributed by atoms with Crippen molar-refractivity contribution in [2.45, 2.75) is 6.54 Å². The van der Waals surface area contributed by atoms with Crippen LogP contribution in [0.5, 0.6) is 5.75 Å². The summed E-state index contributed by atoms with van der Waals surface area (Å²) >= 11 is 0. The standard InChI is InChI=1S/C17H14FNO4/c1-22-17(21)11-2-7-15-12(8-11)9-19(16(20)10-23-15)14-5-3-13(18)4-6-14/h2-8H,9-10H2,1H3. The van der Waals surface area contributed by atoms with Gasteiger partial charge in [0.05, 0.1) is 19.2 Å². The minimum atomic E-state index is -0.461. The summed E-state index contributed by atoms with van der Waals surface area (Å²) in [6.45, 7) is 0.104. The number of carbonyl (C=O) groups is 2. The third kappa shape index (κ3) is 3.01. The van der Waals surface area contributed by atoms with Crippen molar-refractivity contribution in [1.29, 1.82) is 0 Å². The number of amides is 1. The number of esters is 1. The summed E-state index contributed by atoms with van der Waals surface area (Å²) in [5.74, 6) is -0.541. The molecule has 0 radical (unpaired) electrons. The number of nitrogens with zero attached hydrogens (tertiary/aromatic N) is 1. The van der Waals surface area contributed by atoms with Crippen LogP contribution in [0.3, 0.4) is 0 Å². The smallest absolute Gasteiger partial charge is 0.337 e. The molecule has 2 aromatic carbocycles. The molecule has 0 N–H and O–H groups in total. The predicted octanol–water partition coefficient (Wildman–Crippen LogP) is 2.54. The molecule has 0 saturated carbocycles. The van der Waals surface area contributed by atoms with E-state index in [0.29, 0.717) is 22.6 Å². The Bertz CT molecular complexity index is 758. The minimum Gasteiger partial charge on any atom is -0.483 e. The number of halogens is 1. The van der Waals surface area contributed by atoms with Gasteiger partial charge in [-0.25, -0.2) is 9.18 Å². The summed E-state index contributed by atoms with van der Waals surface area (Å²) in [6, 6.07) is 10.5. The van der Waals surface area contributed by atoms with Gasteiger partial charge < -0.3 is 14.4 Å². The monoisotopic (exact) mass is 315 g/mol. The molecule has 0 bridgehead atoms. The first kappa shape index (κ1) is 15.0. The second-order valence-corrected chi connectivity index (χ2v) is 5.06. The number of hydrogen-bond acceptors (Lipinski definition) is 4. The van der Waals surface area contributed by atoms with Crippen molar-refractivity contribution in [1.82, 2.24) is 0 Å². The first-order valence-corrected chi connectivity index (χ1v) is 6.98. The topological polar surface area (TPSA) is 55.8 Å². The van der Waals surface area contributed by atoms with Gasteiger partial charge in [-0.05, 0) is 42.5 Å². The number of anilines is 1. The van der Waals surface area contributed by atoms with Crippen molar-refractivity contribution in [3.63, 3.8) is 0 Å². The van der Waals surface area contributed by atoms with Crippen molar-refractivity contribution in [3.8, 4) is 5.75 Å². The highest BCUT2D eigenvalue weighted by Crippen LogP contribution is 2.28. The number of benzene rings is 2. The zero-order valence-electron chi connectivity index (χ0n) is 12.4. The molecule has 118 valence electrons. The van der Waals surface area contributed by atoms with Gasteiger partial charge in [0, 0.05) is 11.3 Å². The number of fused-ring (bicyclic) bond motifs is 1. The lowest BCUT2D eigenvalue weighted by atomic mass is 10.1. The van der Waals surface area contributed by atoms with Gasteiger partial charge in [0.25, 0.3) is 5.91 Å². The van der Waals surface area contributed by atoms with Crippen LogP contribution >= 0.6 is 0 Å². The van der Waals surface area contributed by atoms with E-state index in [1.165, 1.54) is 36.3 Å². The molecule has 2 aromatic rings. The van der Waals surface area contributed by atoms with Crippen LogP contribution in [0, 0.1) is 5.82 Å². The molecule has 23 heavy (non-hydrogen) atoms. The fourth-order valence-corrected chi connectivity index (χ4v) is 2.42. The molecule has 1 aliphatic rings. The summed E-state index contributed by atoms with van der Waals surface area (Å²) in [7, 11) is 1.30. The number of rotatable bonds is 2. The van der Waals surface area contributed by atoms with Gasteiger partial charge in [-0.1, -0.05) is 0 Å². The van der Waals surface area contributed by atoms with Gasteiger partial charge in [0.2, 0.25) is 0 Å². The number of carbonyl (C=O) groups excluding carboxylic acids is 2. The maximum atomic E-state index is 13.1. The third-order valence-corrected chi connectivity index (χ3v) is 3.60. The van der Waals surface area contributed by atoms with Crippen molar-refractivity contribution in [3.05, 3.63) is 59.4 Å². The van der Waals surface area contributed by atoms with Crippen LogP contribution in [0.2, 0.25) is 0 Å². The number of methoxy groups -OCH3 is 1. The molecule has 0 atom stereocenters. The van der Waals surface area contributed by atoms with E-state index in [0.717, 1.165) is 0 Å². The summed E-state index contributed by atoms with van der Waals surface area (Å²) in [5.41, 5.74) is 1.63. The first-order chi connectivity index (χ1) is 11.1. The quantitative estimate of drug-likeness (QED) is 0.799. The van der Waals surface area contributed by atoms with E-state index in [9.17, 15) is 14.0 Å². The second-order valence-electron chi connectivity index (χ2n) is 5.06. The normalized spacial score (nSPS) is 13.8. The molecule has 1 amide bonds. The van der Waals surface area contributed by atoms with E-state index >= 15 is 0 Å². The third-order valence-electron chi connectivity index (χ3n) is 3.60. The van der Waals surface area contributed by atoms with E-state index in [1.807, 2.05) is 0 Å². The molecule has 1 aliphatic heterocycles. The molecule has 3 rings (SSSR count). The Morgan fingerprint density at radius 3 is 2.65 bits per heavy atom.